The highest BCUT2D eigenvalue weighted by Gasteiger charge is 2.27. The number of hydrogen-bond acceptors (Lipinski definition) is 6. The highest BCUT2D eigenvalue weighted by molar-refractivity contribution is 7.93. The highest BCUT2D eigenvalue weighted by atomic mass is 35.5. The summed E-state index contributed by atoms with van der Waals surface area (Å²) in [7, 11) is -6.40. The van der Waals surface area contributed by atoms with Gasteiger partial charge >= 0.3 is 0 Å². The van der Waals surface area contributed by atoms with Crippen molar-refractivity contribution in [3.05, 3.63) is 82.3 Å². The maximum Gasteiger partial charge on any atom is 0.265 e. The number of amides is 1. The number of anilines is 2. The fraction of sp³-hybridized carbons (Fsp3) is 0.208. The van der Waals surface area contributed by atoms with Gasteiger partial charge in [0.2, 0.25) is 10.0 Å². The molecule has 0 bridgehead atoms. The van der Waals surface area contributed by atoms with Crippen molar-refractivity contribution in [1.82, 2.24) is 4.31 Å². The van der Waals surface area contributed by atoms with Gasteiger partial charge < -0.3 is 10.1 Å². The van der Waals surface area contributed by atoms with E-state index in [2.05, 4.69) is 5.32 Å². The van der Waals surface area contributed by atoms with Crippen LogP contribution in [0.15, 0.2) is 76.5 Å². The summed E-state index contributed by atoms with van der Waals surface area (Å²) >= 11 is 12.1. The molecule has 9 nitrogen and oxygen atoms in total. The predicted molar refractivity (Wildman–Crippen MR) is 142 cm³/mol. The molecule has 1 heterocycles. The number of benzene rings is 3. The average molecular weight is 585 g/mol. The smallest absolute Gasteiger partial charge is 0.265 e. The Morgan fingerprint density at radius 3 is 2.16 bits per heavy atom. The molecule has 196 valence electrons. The van der Waals surface area contributed by atoms with E-state index in [1.807, 2.05) is 0 Å². The lowest BCUT2D eigenvalue weighted by Gasteiger charge is -2.26. The number of carbonyl (C=O) groups excluding carboxylic acids is 1. The molecule has 1 amide bonds. The van der Waals surface area contributed by atoms with E-state index in [1.54, 1.807) is 24.3 Å². The Balaban J connectivity index is 1.53. The first-order chi connectivity index (χ1) is 17.5. The number of nitrogens with one attached hydrogen (secondary N) is 1. The van der Waals surface area contributed by atoms with Crippen molar-refractivity contribution in [2.45, 2.75) is 9.79 Å². The van der Waals surface area contributed by atoms with Gasteiger partial charge in [0.05, 0.1) is 28.8 Å². The van der Waals surface area contributed by atoms with Crippen LogP contribution in [0.1, 0.15) is 10.4 Å². The molecule has 0 aromatic heterocycles. The molecule has 3 aromatic carbocycles. The summed E-state index contributed by atoms with van der Waals surface area (Å²) in [5.74, 6) is -0.592. The van der Waals surface area contributed by atoms with Gasteiger partial charge in [-0.05, 0) is 66.7 Å². The van der Waals surface area contributed by atoms with Crippen LogP contribution in [-0.2, 0) is 24.8 Å². The van der Waals surface area contributed by atoms with Gasteiger partial charge in [-0.3, -0.25) is 9.10 Å². The van der Waals surface area contributed by atoms with E-state index in [4.69, 9.17) is 27.9 Å². The number of nitrogens with zero attached hydrogens (tertiary/aromatic N) is 2. The summed E-state index contributed by atoms with van der Waals surface area (Å²) in [5.41, 5.74) is 0.753. The summed E-state index contributed by atoms with van der Waals surface area (Å²) in [6, 6.07) is 15.9. The zero-order valence-electron chi connectivity index (χ0n) is 19.6. The predicted octanol–water partition coefficient (Wildman–Crippen LogP) is 4.09. The number of morpholine rings is 1. The number of carbonyl (C=O) groups is 1. The zero-order valence-corrected chi connectivity index (χ0v) is 22.7. The van der Waals surface area contributed by atoms with Crippen molar-refractivity contribution in [3.63, 3.8) is 0 Å². The van der Waals surface area contributed by atoms with Crippen LogP contribution in [0.2, 0.25) is 10.0 Å². The minimum Gasteiger partial charge on any atom is -0.379 e. The summed E-state index contributed by atoms with van der Waals surface area (Å²) in [4.78, 5) is 12.7. The Bertz CT molecular complexity index is 1510. The second-order valence-corrected chi connectivity index (χ2v) is 12.8. The van der Waals surface area contributed by atoms with Crippen molar-refractivity contribution in [2.24, 2.45) is 0 Å². The first-order valence-corrected chi connectivity index (χ1v) is 14.7. The molecule has 37 heavy (non-hydrogen) atoms. The Kier molecular flexibility index (Phi) is 8.12. The molecule has 0 spiro atoms. The van der Waals surface area contributed by atoms with E-state index >= 15 is 0 Å². The third-order valence-electron chi connectivity index (χ3n) is 5.74. The summed E-state index contributed by atoms with van der Waals surface area (Å²) in [5, 5.41) is 3.06. The molecule has 4 rings (SSSR count). The number of ether oxygens (including phenoxy) is 1. The molecule has 1 aliphatic heterocycles. The number of halogens is 2. The lowest BCUT2D eigenvalue weighted by atomic mass is 10.2. The molecule has 1 saturated heterocycles. The Hall–Kier alpha value is -2.67. The van der Waals surface area contributed by atoms with E-state index in [9.17, 15) is 21.6 Å². The maximum atomic E-state index is 13.2. The van der Waals surface area contributed by atoms with Gasteiger partial charge in [-0.2, -0.15) is 4.31 Å². The second-order valence-electron chi connectivity index (χ2n) is 8.09. The van der Waals surface area contributed by atoms with Gasteiger partial charge in [-0.25, -0.2) is 16.8 Å². The quantitative estimate of drug-likeness (QED) is 0.448. The number of rotatable bonds is 7. The third-order valence-corrected chi connectivity index (χ3v) is 10.2. The van der Waals surface area contributed by atoms with E-state index in [0.717, 1.165) is 4.31 Å². The van der Waals surface area contributed by atoms with Gasteiger partial charge in [-0.15, -0.1) is 0 Å². The van der Waals surface area contributed by atoms with Crippen molar-refractivity contribution in [3.8, 4) is 0 Å². The van der Waals surface area contributed by atoms with Crippen LogP contribution in [0.5, 0.6) is 0 Å². The summed E-state index contributed by atoms with van der Waals surface area (Å²) in [6.45, 7) is 1.22. The fourth-order valence-corrected chi connectivity index (χ4v) is 6.86. The minimum atomic E-state index is -4.10. The van der Waals surface area contributed by atoms with Crippen LogP contribution >= 0.6 is 23.2 Å². The first-order valence-electron chi connectivity index (χ1n) is 11.0. The lowest BCUT2D eigenvalue weighted by molar-refractivity contribution is 0.0730. The van der Waals surface area contributed by atoms with Crippen molar-refractivity contribution < 1.29 is 26.4 Å². The molecule has 1 N–H and O–H groups in total. The standard InChI is InChI=1S/C24H23Cl2N3O6S2/c1-28(20-7-3-18(25)4-8-20)37(33,34)23-16-17(2-11-22(23)26)24(30)27-19-5-9-21(10-6-19)36(31,32)29-12-14-35-15-13-29/h2-11,16H,12-15H2,1H3,(H,27,30). The van der Waals surface area contributed by atoms with E-state index in [0.29, 0.717) is 29.6 Å². The molecule has 0 aliphatic carbocycles. The molecule has 1 aliphatic rings. The molecule has 3 aromatic rings. The first kappa shape index (κ1) is 27.4. The van der Waals surface area contributed by atoms with Crippen molar-refractivity contribution >= 4 is 60.5 Å². The third kappa shape index (κ3) is 5.92. The van der Waals surface area contributed by atoms with Gasteiger partial charge in [0, 0.05) is 36.4 Å². The van der Waals surface area contributed by atoms with Crippen LogP contribution in [0.25, 0.3) is 0 Å². The molecular formula is C24H23Cl2N3O6S2. The number of hydrogen-bond donors (Lipinski definition) is 1. The fourth-order valence-electron chi connectivity index (χ4n) is 3.63. The Morgan fingerprint density at radius 1 is 0.919 bits per heavy atom. The van der Waals surface area contributed by atoms with E-state index in [-0.39, 0.29) is 33.5 Å². The van der Waals surface area contributed by atoms with Gasteiger partial charge in [-0.1, -0.05) is 23.2 Å². The molecule has 0 unspecified atom stereocenters. The SMILES string of the molecule is CN(c1ccc(Cl)cc1)S(=O)(=O)c1cc(C(=O)Nc2ccc(S(=O)(=O)N3CCOCC3)cc2)ccc1Cl. The van der Waals surface area contributed by atoms with E-state index in [1.165, 1.54) is 53.8 Å². The van der Waals surface area contributed by atoms with Crippen LogP contribution < -0.4 is 9.62 Å². The Labute approximate surface area is 225 Å². The summed E-state index contributed by atoms with van der Waals surface area (Å²) in [6.07, 6.45) is 0. The molecule has 0 saturated carbocycles. The van der Waals surface area contributed by atoms with Crippen molar-refractivity contribution in [1.29, 1.82) is 0 Å². The molecule has 0 atom stereocenters. The largest absolute Gasteiger partial charge is 0.379 e. The van der Waals surface area contributed by atoms with Crippen molar-refractivity contribution in [2.75, 3.05) is 43.0 Å². The highest BCUT2D eigenvalue weighted by Crippen LogP contribution is 2.29. The van der Waals surface area contributed by atoms with Crippen LogP contribution in [0, 0.1) is 0 Å². The zero-order chi connectivity index (χ0) is 26.8. The molecule has 0 radical (unpaired) electrons. The van der Waals surface area contributed by atoms with Crippen LogP contribution in [0.4, 0.5) is 11.4 Å². The van der Waals surface area contributed by atoms with Gasteiger partial charge in [0.25, 0.3) is 15.9 Å². The summed E-state index contributed by atoms with van der Waals surface area (Å²) < 4.78 is 59.6. The molecule has 1 fully saturated rings. The van der Waals surface area contributed by atoms with Gasteiger partial charge in [0.1, 0.15) is 4.90 Å². The normalized spacial score (nSPS) is 14.8. The monoisotopic (exact) mass is 583 g/mol. The van der Waals surface area contributed by atoms with E-state index < -0.39 is 26.0 Å². The van der Waals surface area contributed by atoms with Gasteiger partial charge in [0.15, 0.2) is 0 Å². The lowest BCUT2D eigenvalue weighted by Crippen LogP contribution is -2.40. The second kappa shape index (κ2) is 11.0. The maximum absolute atomic E-state index is 13.2. The number of sulfonamides is 2. The minimum absolute atomic E-state index is 0.0463. The molecular weight excluding hydrogens is 561 g/mol. The topological polar surface area (TPSA) is 113 Å². The molecule has 13 heteroatoms. The Morgan fingerprint density at radius 2 is 1.54 bits per heavy atom. The average Bonchev–Trinajstić information content (AvgIpc) is 2.89. The van der Waals surface area contributed by atoms with Crippen LogP contribution in [-0.4, -0.2) is 60.4 Å². The van der Waals surface area contributed by atoms with Crippen LogP contribution in [0.3, 0.4) is 0 Å².